The van der Waals surface area contributed by atoms with Crippen LogP contribution in [0.2, 0.25) is 0 Å². The number of nitrogens with zero attached hydrogens (tertiary/aromatic N) is 2. The number of rotatable bonds is 2. The van der Waals surface area contributed by atoms with Gasteiger partial charge in [-0.25, -0.2) is 4.98 Å². The summed E-state index contributed by atoms with van der Waals surface area (Å²) in [5, 5.41) is 1.99. The van der Waals surface area contributed by atoms with Crippen molar-refractivity contribution in [2.24, 2.45) is 0 Å². The molecule has 0 aliphatic carbocycles. The van der Waals surface area contributed by atoms with Crippen molar-refractivity contribution in [3.05, 3.63) is 47.6 Å². The summed E-state index contributed by atoms with van der Waals surface area (Å²) in [7, 11) is 0. The Kier molecular flexibility index (Phi) is 2.65. The summed E-state index contributed by atoms with van der Waals surface area (Å²) in [6.45, 7) is 1.98. The molecule has 86 valence electrons. The van der Waals surface area contributed by atoms with Gasteiger partial charge in [-0.05, 0) is 30.5 Å². The van der Waals surface area contributed by atoms with Crippen molar-refractivity contribution in [1.82, 2.24) is 9.38 Å². The summed E-state index contributed by atoms with van der Waals surface area (Å²) in [5.74, 6) is 0. The van der Waals surface area contributed by atoms with Crippen LogP contribution in [0.4, 0.5) is 0 Å². The van der Waals surface area contributed by atoms with Gasteiger partial charge in [0.2, 0.25) is 0 Å². The van der Waals surface area contributed by atoms with Crippen LogP contribution in [0.5, 0.6) is 0 Å². The fraction of sp³-hybridized carbons (Fsp3) is 0.154. The summed E-state index contributed by atoms with van der Waals surface area (Å²) in [6.07, 6.45) is 2.01. The van der Waals surface area contributed by atoms with E-state index < -0.39 is 0 Å². The van der Waals surface area contributed by atoms with Crippen molar-refractivity contribution in [3.8, 4) is 10.6 Å². The van der Waals surface area contributed by atoms with E-state index in [9.17, 15) is 0 Å². The van der Waals surface area contributed by atoms with E-state index in [1.54, 1.807) is 11.3 Å². The van der Waals surface area contributed by atoms with Crippen LogP contribution in [0.1, 0.15) is 18.0 Å². The minimum absolute atomic E-state index is 0.0653. The van der Waals surface area contributed by atoms with Crippen LogP contribution in [0.15, 0.2) is 41.9 Å². The van der Waals surface area contributed by atoms with Crippen LogP contribution in [0, 0.1) is 0 Å². The molecule has 0 aromatic carbocycles. The van der Waals surface area contributed by atoms with Crippen LogP contribution in [-0.4, -0.2) is 9.38 Å². The lowest BCUT2D eigenvalue weighted by atomic mass is 10.2. The number of hydrogen-bond acceptors (Lipinski definition) is 2. The maximum atomic E-state index is 6.29. The summed E-state index contributed by atoms with van der Waals surface area (Å²) < 4.78 is 2.06. The largest absolute Gasteiger partial charge is 0.302 e. The molecule has 0 aliphatic rings. The number of fused-ring (bicyclic) bond motifs is 1. The summed E-state index contributed by atoms with van der Waals surface area (Å²) in [5.41, 5.74) is 3.00. The Balaban J connectivity index is 2.34. The molecular weight excluding hydrogens is 252 g/mol. The molecule has 0 spiro atoms. The molecule has 1 unspecified atom stereocenters. The van der Waals surface area contributed by atoms with E-state index in [4.69, 9.17) is 11.6 Å². The highest BCUT2D eigenvalue weighted by Crippen LogP contribution is 2.34. The number of aromatic nitrogens is 2. The van der Waals surface area contributed by atoms with Crippen LogP contribution in [-0.2, 0) is 0 Å². The Morgan fingerprint density at radius 3 is 2.88 bits per heavy atom. The molecule has 0 aliphatic heterocycles. The second-order valence-corrected chi connectivity index (χ2v) is 5.47. The quantitative estimate of drug-likeness (QED) is 0.627. The lowest BCUT2D eigenvalue weighted by molar-refractivity contribution is 0.966. The highest BCUT2D eigenvalue weighted by molar-refractivity contribution is 7.13. The number of thiophene rings is 1. The molecule has 3 aromatic heterocycles. The van der Waals surface area contributed by atoms with Gasteiger partial charge in [-0.1, -0.05) is 12.1 Å². The smallest absolute Gasteiger partial charge is 0.137 e. The maximum absolute atomic E-state index is 6.29. The van der Waals surface area contributed by atoms with Crippen LogP contribution < -0.4 is 0 Å². The number of pyridine rings is 1. The fourth-order valence-electron chi connectivity index (χ4n) is 1.99. The van der Waals surface area contributed by atoms with Crippen molar-refractivity contribution in [2.75, 3.05) is 0 Å². The Hall–Kier alpha value is -1.32. The zero-order valence-corrected chi connectivity index (χ0v) is 10.9. The predicted octanol–water partition coefficient (Wildman–Crippen LogP) is 4.36. The van der Waals surface area contributed by atoms with Crippen LogP contribution in [0.25, 0.3) is 16.2 Å². The monoisotopic (exact) mass is 262 g/mol. The normalized spacial score (nSPS) is 13.1. The third kappa shape index (κ3) is 1.75. The fourth-order valence-corrected chi connectivity index (χ4v) is 2.92. The van der Waals surface area contributed by atoms with Crippen LogP contribution in [0.3, 0.4) is 0 Å². The number of halogens is 1. The van der Waals surface area contributed by atoms with E-state index in [1.165, 1.54) is 0 Å². The highest BCUT2D eigenvalue weighted by atomic mass is 35.5. The van der Waals surface area contributed by atoms with E-state index >= 15 is 0 Å². The van der Waals surface area contributed by atoms with Crippen molar-refractivity contribution in [2.45, 2.75) is 12.3 Å². The van der Waals surface area contributed by atoms with Crippen molar-refractivity contribution in [1.29, 1.82) is 0 Å². The van der Waals surface area contributed by atoms with Gasteiger partial charge in [-0.2, -0.15) is 0 Å². The van der Waals surface area contributed by atoms with Gasteiger partial charge >= 0.3 is 0 Å². The second kappa shape index (κ2) is 4.17. The average Bonchev–Trinajstić information content (AvgIpc) is 2.95. The van der Waals surface area contributed by atoms with E-state index in [0.717, 1.165) is 21.9 Å². The molecule has 0 amide bonds. The highest BCUT2D eigenvalue weighted by Gasteiger charge is 2.17. The molecule has 0 fully saturated rings. The van der Waals surface area contributed by atoms with Gasteiger partial charge in [-0.3, -0.25) is 0 Å². The van der Waals surface area contributed by atoms with Gasteiger partial charge < -0.3 is 4.40 Å². The van der Waals surface area contributed by atoms with Gasteiger partial charge in [0, 0.05) is 6.20 Å². The zero-order valence-electron chi connectivity index (χ0n) is 9.30. The molecule has 1 atom stereocenters. The number of alkyl halides is 1. The van der Waals surface area contributed by atoms with Crippen molar-refractivity contribution in [3.63, 3.8) is 0 Å². The molecule has 17 heavy (non-hydrogen) atoms. The topological polar surface area (TPSA) is 17.3 Å². The first-order valence-electron chi connectivity index (χ1n) is 5.42. The molecule has 3 aromatic rings. The zero-order chi connectivity index (χ0) is 11.8. The van der Waals surface area contributed by atoms with E-state index in [0.29, 0.717) is 0 Å². The molecule has 0 radical (unpaired) electrons. The van der Waals surface area contributed by atoms with Gasteiger partial charge in [0.1, 0.15) is 11.3 Å². The molecule has 0 saturated heterocycles. The van der Waals surface area contributed by atoms with Crippen molar-refractivity contribution < 1.29 is 0 Å². The predicted molar refractivity (Wildman–Crippen MR) is 72.8 cm³/mol. The molecular formula is C13H11ClN2S. The van der Waals surface area contributed by atoms with Gasteiger partial charge in [0.15, 0.2) is 0 Å². The Morgan fingerprint density at radius 2 is 2.18 bits per heavy atom. The van der Waals surface area contributed by atoms with Crippen molar-refractivity contribution >= 4 is 28.6 Å². The minimum atomic E-state index is -0.0653. The third-order valence-electron chi connectivity index (χ3n) is 2.70. The van der Waals surface area contributed by atoms with Gasteiger partial charge in [0.05, 0.1) is 15.9 Å². The summed E-state index contributed by atoms with van der Waals surface area (Å²) >= 11 is 7.98. The lowest BCUT2D eigenvalue weighted by Gasteiger charge is -2.05. The number of hydrogen-bond donors (Lipinski definition) is 0. The first-order valence-corrected chi connectivity index (χ1v) is 6.74. The minimum Gasteiger partial charge on any atom is -0.302 e. The summed E-state index contributed by atoms with van der Waals surface area (Å²) in [6, 6.07) is 10.1. The number of imidazole rings is 1. The van der Waals surface area contributed by atoms with E-state index in [2.05, 4.69) is 20.8 Å². The standard InChI is InChI=1S/C13H11ClN2S/c1-9(14)13-12(10-5-4-8-17-10)15-11-6-2-3-7-16(11)13/h2-9H,1H3. The third-order valence-corrected chi connectivity index (χ3v) is 3.78. The Bertz CT molecular complexity index is 641. The lowest BCUT2D eigenvalue weighted by Crippen LogP contribution is -1.93. The van der Waals surface area contributed by atoms with E-state index in [-0.39, 0.29) is 5.38 Å². The first kappa shape index (κ1) is 10.8. The molecule has 4 heteroatoms. The molecule has 3 heterocycles. The van der Waals surface area contributed by atoms with E-state index in [1.807, 2.05) is 37.4 Å². The molecule has 3 rings (SSSR count). The SMILES string of the molecule is CC(Cl)c1c(-c2cccs2)nc2ccccn12. The molecule has 0 bridgehead atoms. The maximum Gasteiger partial charge on any atom is 0.137 e. The van der Waals surface area contributed by atoms with Crippen LogP contribution >= 0.6 is 22.9 Å². The van der Waals surface area contributed by atoms with Gasteiger partial charge in [0.25, 0.3) is 0 Å². The second-order valence-electron chi connectivity index (χ2n) is 3.87. The summed E-state index contributed by atoms with van der Waals surface area (Å²) in [4.78, 5) is 5.83. The average molecular weight is 263 g/mol. The molecule has 0 N–H and O–H groups in total. The molecule has 2 nitrogen and oxygen atoms in total. The van der Waals surface area contributed by atoms with Gasteiger partial charge in [-0.15, -0.1) is 22.9 Å². The Morgan fingerprint density at radius 1 is 1.29 bits per heavy atom. The molecule has 0 saturated carbocycles. The Labute approximate surface area is 108 Å². The first-order chi connectivity index (χ1) is 8.27.